The van der Waals surface area contributed by atoms with E-state index in [2.05, 4.69) is 26.2 Å². The molecule has 2 saturated heterocycles. The number of aromatic nitrogens is 1. The summed E-state index contributed by atoms with van der Waals surface area (Å²) >= 11 is 12.4. The van der Waals surface area contributed by atoms with Gasteiger partial charge in [0, 0.05) is 63.6 Å². The third kappa shape index (κ3) is 6.79. The number of benzene rings is 2. The molecule has 212 valence electrons. The van der Waals surface area contributed by atoms with E-state index in [-0.39, 0.29) is 23.4 Å². The molecule has 0 atom stereocenters. The van der Waals surface area contributed by atoms with E-state index >= 15 is 0 Å². The summed E-state index contributed by atoms with van der Waals surface area (Å²) in [4.78, 5) is 36.5. The number of halogens is 3. The fraction of sp³-hybridized carbons (Fsp3) is 0.333. The van der Waals surface area contributed by atoms with Gasteiger partial charge in [-0.1, -0.05) is 29.3 Å². The summed E-state index contributed by atoms with van der Waals surface area (Å²) < 4.78 is 13.4. The normalized spacial score (nSPS) is 16.3. The smallest absolute Gasteiger partial charge is 0.253 e. The summed E-state index contributed by atoms with van der Waals surface area (Å²) in [6.07, 6.45) is 3.34. The highest BCUT2D eigenvalue weighted by Gasteiger charge is 2.30. The predicted molar refractivity (Wildman–Crippen MR) is 156 cm³/mol. The number of rotatable bonds is 6. The van der Waals surface area contributed by atoms with Crippen molar-refractivity contribution in [2.75, 3.05) is 44.2 Å². The van der Waals surface area contributed by atoms with Gasteiger partial charge >= 0.3 is 0 Å². The SMILES string of the molecule is N#Cc1ccc(C(=O)N2CCC(N3CCN(c4ncc(C(=O)NCc5ccc(F)c(Cl)c5)cc4Cl)CC3)CC2)cc1. The highest BCUT2D eigenvalue weighted by molar-refractivity contribution is 6.33. The standard InChI is InChI=1S/C30H29Cl2FN6O2/c31-25-15-21(3-6-27(25)33)18-36-29(40)23-16-26(32)28(35-19-23)38-13-11-37(12-14-38)24-7-9-39(10-8-24)30(41)22-4-1-20(17-34)2-5-22/h1-6,15-16,19,24H,7-14,18H2,(H,36,40). The fourth-order valence-electron chi connectivity index (χ4n) is 5.32. The Labute approximate surface area is 248 Å². The van der Waals surface area contributed by atoms with Crippen molar-refractivity contribution in [3.63, 3.8) is 0 Å². The van der Waals surface area contributed by atoms with Crippen LogP contribution in [0.3, 0.4) is 0 Å². The maximum atomic E-state index is 13.4. The third-order valence-electron chi connectivity index (χ3n) is 7.66. The first-order valence-corrected chi connectivity index (χ1v) is 14.2. The van der Waals surface area contributed by atoms with Crippen molar-refractivity contribution in [3.8, 4) is 6.07 Å². The average Bonchev–Trinajstić information content (AvgIpc) is 3.01. The van der Waals surface area contributed by atoms with Crippen molar-refractivity contribution in [1.82, 2.24) is 20.1 Å². The van der Waals surface area contributed by atoms with Crippen molar-refractivity contribution in [2.24, 2.45) is 0 Å². The molecule has 0 aliphatic carbocycles. The molecule has 5 rings (SSSR count). The minimum Gasteiger partial charge on any atom is -0.353 e. The molecule has 0 unspecified atom stereocenters. The number of nitriles is 1. The minimum absolute atomic E-state index is 0.00570. The quantitative estimate of drug-likeness (QED) is 0.442. The van der Waals surface area contributed by atoms with Gasteiger partial charge < -0.3 is 15.1 Å². The van der Waals surface area contributed by atoms with Gasteiger partial charge in [0.1, 0.15) is 11.6 Å². The van der Waals surface area contributed by atoms with Crippen LogP contribution in [0.15, 0.2) is 54.7 Å². The Hall–Kier alpha value is -3.71. The van der Waals surface area contributed by atoms with E-state index in [9.17, 15) is 14.0 Å². The summed E-state index contributed by atoms with van der Waals surface area (Å²) in [7, 11) is 0. The highest BCUT2D eigenvalue weighted by atomic mass is 35.5. The number of amides is 2. The first-order valence-electron chi connectivity index (χ1n) is 13.5. The number of nitrogens with one attached hydrogen (secondary N) is 1. The van der Waals surface area contributed by atoms with Gasteiger partial charge in [-0.2, -0.15) is 5.26 Å². The van der Waals surface area contributed by atoms with Crippen LogP contribution in [-0.2, 0) is 6.54 Å². The Bertz CT molecular complexity index is 1460. The molecule has 1 aromatic heterocycles. The number of hydrogen-bond acceptors (Lipinski definition) is 6. The topological polar surface area (TPSA) is 92.6 Å². The largest absolute Gasteiger partial charge is 0.353 e. The molecular formula is C30H29Cl2FN6O2. The van der Waals surface area contributed by atoms with Crippen LogP contribution in [0.2, 0.25) is 10.0 Å². The lowest BCUT2D eigenvalue weighted by Gasteiger charge is -2.43. The first-order chi connectivity index (χ1) is 19.8. The molecule has 1 N–H and O–H groups in total. The van der Waals surface area contributed by atoms with Crippen LogP contribution in [0.1, 0.15) is 44.7 Å². The molecule has 41 heavy (non-hydrogen) atoms. The molecule has 2 aliphatic rings. The molecule has 3 aromatic rings. The predicted octanol–water partition coefficient (Wildman–Crippen LogP) is 4.76. The number of anilines is 1. The number of piperidine rings is 1. The highest BCUT2D eigenvalue weighted by Crippen LogP contribution is 2.27. The number of likely N-dealkylation sites (tertiary alicyclic amines) is 1. The second kappa shape index (κ2) is 12.9. The molecule has 3 heterocycles. The average molecular weight is 596 g/mol. The van der Waals surface area contributed by atoms with E-state index in [1.165, 1.54) is 18.3 Å². The lowest BCUT2D eigenvalue weighted by atomic mass is 10.0. The molecule has 11 heteroatoms. The van der Waals surface area contributed by atoms with Gasteiger partial charge in [0.25, 0.3) is 11.8 Å². The van der Waals surface area contributed by atoms with Gasteiger partial charge in [-0.25, -0.2) is 9.37 Å². The van der Waals surface area contributed by atoms with Crippen LogP contribution in [0.25, 0.3) is 0 Å². The van der Waals surface area contributed by atoms with Crippen LogP contribution < -0.4 is 10.2 Å². The molecule has 2 amide bonds. The van der Waals surface area contributed by atoms with Crippen LogP contribution in [0.5, 0.6) is 0 Å². The summed E-state index contributed by atoms with van der Waals surface area (Å²) in [5.74, 6) is -0.182. The van der Waals surface area contributed by atoms with Crippen LogP contribution in [-0.4, -0.2) is 71.9 Å². The summed E-state index contributed by atoms with van der Waals surface area (Å²) in [5, 5.41) is 12.2. The number of carbonyl (C=O) groups excluding carboxylic acids is 2. The second-order valence-corrected chi connectivity index (χ2v) is 11.0. The van der Waals surface area contributed by atoms with E-state index in [1.807, 2.05) is 4.90 Å². The number of nitrogens with zero attached hydrogens (tertiary/aromatic N) is 5. The van der Waals surface area contributed by atoms with E-state index < -0.39 is 5.82 Å². The Morgan fingerprint density at radius 1 is 0.951 bits per heavy atom. The lowest BCUT2D eigenvalue weighted by molar-refractivity contribution is 0.0610. The molecule has 0 bridgehead atoms. The molecule has 8 nitrogen and oxygen atoms in total. The van der Waals surface area contributed by atoms with E-state index in [0.29, 0.717) is 52.2 Å². The zero-order valence-corrected chi connectivity index (χ0v) is 23.8. The van der Waals surface area contributed by atoms with Crippen molar-refractivity contribution in [1.29, 1.82) is 5.26 Å². The number of piperazine rings is 1. The Morgan fingerprint density at radius 2 is 1.66 bits per heavy atom. The summed E-state index contributed by atoms with van der Waals surface area (Å²) in [6, 6.07) is 15.2. The fourth-order valence-corrected chi connectivity index (χ4v) is 5.81. The molecule has 2 fully saturated rings. The van der Waals surface area contributed by atoms with Crippen LogP contribution in [0, 0.1) is 17.1 Å². The van der Waals surface area contributed by atoms with Crippen LogP contribution in [0.4, 0.5) is 10.2 Å². The molecule has 2 aromatic carbocycles. The minimum atomic E-state index is -0.507. The van der Waals surface area contributed by atoms with E-state index in [4.69, 9.17) is 28.5 Å². The molecule has 0 radical (unpaired) electrons. The zero-order valence-electron chi connectivity index (χ0n) is 22.3. The van der Waals surface area contributed by atoms with Gasteiger partial charge in [0.05, 0.1) is 27.2 Å². The van der Waals surface area contributed by atoms with Crippen molar-refractivity contribution in [2.45, 2.75) is 25.4 Å². The second-order valence-electron chi connectivity index (χ2n) is 10.2. The molecule has 0 spiro atoms. The summed E-state index contributed by atoms with van der Waals surface area (Å²) in [5.41, 5.74) is 2.18. The maximum absolute atomic E-state index is 13.4. The summed E-state index contributed by atoms with van der Waals surface area (Å²) in [6.45, 7) is 4.83. The van der Waals surface area contributed by atoms with E-state index in [1.54, 1.807) is 36.4 Å². The van der Waals surface area contributed by atoms with E-state index in [0.717, 1.165) is 39.0 Å². The van der Waals surface area contributed by atoms with Crippen molar-refractivity contribution >= 4 is 40.8 Å². The van der Waals surface area contributed by atoms with Crippen molar-refractivity contribution in [3.05, 3.63) is 92.8 Å². The van der Waals surface area contributed by atoms with Gasteiger partial charge in [0.15, 0.2) is 0 Å². The monoisotopic (exact) mass is 594 g/mol. The number of hydrogen-bond donors (Lipinski definition) is 1. The Morgan fingerprint density at radius 3 is 2.29 bits per heavy atom. The van der Waals surface area contributed by atoms with Crippen LogP contribution >= 0.6 is 23.2 Å². The molecule has 0 saturated carbocycles. The maximum Gasteiger partial charge on any atom is 0.253 e. The first kappa shape index (κ1) is 28.8. The van der Waals surface area contributed by atoms with Gasteiger partial charge in [0.2, 0.25) is 0 Å². The van der Waals surface area contributed by atoms with Gasteiger partial charge in [-0.05, 0) is 60.9 Å². The third-order valence-corrected chi connectivity index (χ3v) is 8.23. The number of pyridine rings is 1. The Kier molecular flexibility index (Phi) is 9.03. The van der Waals surface area contributed by atoms with Gasteiger partial charge in [-0.15, -0.1) is 0 Å². The number of carbonyl (C=O) groups is 2. The zero-order chi connectivity index (χ0) is 28.9. The molecular weight excluding hydrogens is 566 g/mol. The van der Waals surface area contributed by atoms with Gasteiger partial charge in [-0.3, -0.25) is 14.5 Å². The molecule has 2 aliphatic heterocycles. The van der Waals surface area contributed by atoms with Crippen molar-refractivity contribution < 1.29 is 14.0 Å². The Balaban J connectivity index is 1.10. The lowest BCUT2D eigenvalue weighted by Crippen LogP contribution is -2.54.